The monoisotopic (exact) mass is 506 g/mol. The van der Waals surface area contributed by atoms with Gasteiger partial charge in [-0.3, -0.25) is 9.59 Å². The Kier molecular flexibility index (Phi) is 13.1. The van der Waals surface area contributed by atoms with E-state index < -0.39 is 12.0 Å². The normalized spacial score (nSPS) is 11.9. The quantitative estimate of drug-likeness (QED) is 0.228. The molecule has 0 aliphatic carbocycles. The Morgan fingerprint density at radius 1 is 1.09 bits per heavy atom. The Balaban J connectivity index is 1.59. The van der Waals surface area contributed by atoms with Gasteiger partial charge < -0.3 is 30.9 Å². The third kappa shape index (κ3) is 11.1. The van der Waals surface area contributed by atoms with Gasteiger partial charge in [0.1, 0.15) is 29.9 Å². The maximum Gasteiger partial charge on any atom is 0.273 e. The van der Waals surface area contributed by atoms with Gasteiger partial charge in [-0.15, -0.1) is 0 Å². The van der Waals surface area contributed by atoms with Crippen LogP contribution in [0.4, 0.5) is 0 Å². The van der Waals surface area contributed by atoms with Crippen molar-refractivity contribution in [1.82, 2.24) is 15.6 Å². The smallest absolute Gasteiger partial charge is 0.273 e. The molecular weight excluding hydrogens is 468 g/mol. The van der Waals surface area contributed by atoms with Gasteiger partial charge in [0.15, 0.2) is 0 Å². The molecule has 0 aliphatic rings. The molecule has 1 unspecified atom stereocenters. The van der Waals surface area contributed by atoms with Crippen LogP contribution in [-0.4, -0.2) is 60.9 Å². The predicted octanol–water partition coefficient (Wildman–Crippen LogP) is 2.99. The van der Waals surface area contributed by atoms with E-state index in [4.69, 9.17) is 15.2 Å². The van der Waals surface area contributed by atoms with Crippen molar-refractivity contribution in [3.8, 4) is 10.9 Å². The summed E-state index contributed by atoms with van der Waals surface area (Å²) in [4.78, 5) is 28.0. The number of nitrogens with zero attached hydrogens (tertiary/aromatic N) is 1. The average molecular weight is 507 g/mol. The highest BCUT2D eigenvalue weighted by Crippen LogP contribution is 2.21. The second-order valence-electron chi connectivity index (χ2n) is 8.38. The fourth-order valence-corrected chi connectivity index (χ4v) is 4.30. The number of nitrogens with one attached hydrogen (secondary N) is 2. The highest BCUT2D eigenvalue weighted by atomic mass is 32.1. The lowest BCUT2D eigenvalue weighted by atomic mass is 9.95. The zero-order valence-electron chi connectivity index (χ0n) is 20.6. The van der Waals surface area contributed by atoms with E-state index in [1.165, 1.54) is 30.4 Å². The standard InChI is InChI=1S/C25H38N4O5S/c1-3-5-18(6-4-2)11-12-28-24(32)22-16-29-25(35-22)34-17-20(30)15-27-13-14-33-21-9-7-19(8-10-21)23(26)31/h7-10,16,18,20,27,30H,3-6,11-15,17H2,1-2H3,(H2,26,31)(H,28,32). The highest BCUT2D eigenvalue weighted by Gasteiger charge is 2.14. The Hall–Kier alpha value is -2.69. The molecule has 194 valence electrons. The van der Waals surface area contributed by atoms with E-state index in [0.29, 0.717) is 53.5 Å². The Morgan fingerprint density at radius 2 is 1.80 bits per heavy atom. The summed E-state index contributed by atoms with van der Waals surface area (Å²) in [6.07, 6.45) is 6.47. The lowest BCUT2D eigenvalue weighted by molar-refractivity contribution is 0.0953. The first-order chi connectivity index (χ1) is 16.9. The third-order valence-corrected chi connectivity index (χ3v) is 6.31. The summed E-state index contributed by atoms with van der Waals surface area (Å²) in [6, 6.07) is 6.58. The summed E-state index contributed by atoms with van der Waals surface area (Å²) in [7, 11) is 0. The number of nitrogens with two attached hydrogens (primary N) is 1. The molecule has 5 N–H and O–H groups in total. The number of ether oxygens (including phenoxy) is 2. The van der Waals surface area contributed by atoms with Crippen LogP contribution in [0.3, 0.4) is 0 Å². The van der Waals surface area contributed by atoms with Crippen LogP contribution in [0.2, 0.25) is 0 Å². The SMILES string of the molecule is CCCC(CCC)CCNC(=O)c1cnc(OCC(O)CNCCOc2ccc(C(N)=O)cc2)s1. The summed E-state index contributed by atoms with van der Waals surface area (Å²) in [6.45, 7) is 6.34. The Bertz CT molecular complexity index is 884. The maximum absolute atomic E-state index is 12.4. The lowest BCUT2D eigenvalue weighted by Crippen LogP contribution is -2.33. The molecule has 1 aromatic carbocycles. The number of hydrogen-bond donors (Lipinski definition) is 4. The molecule has 9 nitrogen and oxygen atoms in total. The van der Waals surface area contributed by atoms with Gasteiger partial charge in [-0.2, -0.15) is 0 Å². The molecule has 1 aromatic heterocycles. The van der Waals surface area contributed by atoms with Crippen LogP contribution in [0.5, 0.6) is 10.9 Å². The van der Waals surface area contributed by atoms with Crippen molar-refractivity contribution in [2.75, 3.05) is 32.8 Å². The first-order valence-corrected chi connectivity index (χ1v) is 13.0. The minimum atomic E-state index is -0.736. The molecule has 0 bridgehead atoms. The third-order valence-electron chi connectivity index (χ3n) is 5.41. The number of aliphatic hydroxyl groups excluding tert-OH is 1. The van der Waals surface area contributed by atoms with Gasteiger partial charge in [0.25, 0.3) is 11.1 Å². The van der Waals surface area contributed by atoms with Gasteiger partial charge in [0.05, 0.1) is 6.20 Å². The molecule has 0 fully saturated rings. The maximum atomic E-state index is 12.4. The van der Waals surface area contributed by atoms with E-state index in [2.05, 4.69) is 29.5 Å². The lowest BCUT2D eigenvalue weighted by Gasteiger charge is -2.15. The molecule has 0 spiro atoms. The van der Waals surface area contributed by atoms with Crippen molar-refractivity contribution >= 4 is 23.2 Å². The number of rotatable bonds is 18. The summed E-state index contributed by atoms with van der Waals surface area (Å²) in [5.74, 6) is 0.661. The summed E-state index contributed by atoms with van der Waals surface area (Å²) < 4.78 is 11.1. The van der Waals surface area contributed by atoms with Crippen molar-refractivity contribution in [3.63, 3.8) is 0 Å². The number of thiazole rings is 1. The van der Waals surface area contributed by atoms with Crippen LogP contribution in [0.25, 0.3) is 0 Å². The molecule has 0 saturated heterocycles. The van der Waals surface area contributed by atoms with Crippen LogP contribution in [-0.2, 0) is 0 Å². The molecular formula is C25H38N4O5S. The predicted molar refractivity (Wildman–Crippen MR) is 137 cm³/mol. The fraction of sp³-hybridized carbons (Fsp3) is 0.560. The van der Waals surface area contributed by atoms with Gasteiger partial charge in [-0.1, -0.05) is 50.9 Å². The number of amides is 2. The molecule has 2 amide bonds. The van der Waals surface area contributed by atoms with Crippen LogP contribution in [0.1, 0.15) is 66.0 Å². The van der Waals surface area contributed by atoms with E-state index in [9.17, 15) is 14.7 Å². The van der Waals surface area contributed by atoms with Crippen molar-refractivity contribution < 1.29 is 24.2 Å². The summed E-state index contributed by atoms with van der Waals surface area (Å²) >= 11 is 1.17. The number of carbonyl (C=O) groups excluding carboxylic acids is 2. The highest BCUT2D eigenvalue weighted by molar-refractivity contribution is 7.15. The zero-order valence-corrected chi connectivity index (χ0v) is 21.4. The van der Waals surface area contributed by atoms with Crippen LogP contribution in [0.15, 0.2) is 30.5 Å². The number of aliphatic hydroxyl groups is 1. The largest absolute Gasteiger partial charge is 0.492 e. The molecule has 0 radical (unpaired) electrons. The molecule has 1 heterocycles. The summed E-state index contributed by atoms with van der Waals surface area (Å²) in [5, 5.41) is 16.5. The van der Waals surface area contributed by atoms with Crippen molar-refractivity contribution in [2.24, 2.45) is 11.7 Å². The second-order valence-corrected chi connectivity index (χ2v) is 9.38. The molecule has 35 heavy (non-hydrogen) atoms. The van der Waals surface area contributed by atoms with E-state index in [1.807, 2.05) is 0 Å². The van der Waals surface area contributed by atoms with Crippen LogP contribution >= 0.6 is 11.3 Å². The number of carbonyl (C=O) groups is 2. The van der Waals surface area contributed by atoms with Gasteiger partial charge >= 0.3 is 0 Å². The molecule has 10 heteroatoms. The Morgan fingerprint density at radius 3 is 2.46 bits per heavy atom. The van der Waals surface area contributed by atoms with Crippen LogP contribution in [0, 0.1) is 5.92 Å². The number of benzene rings is 1. The molecule has 1 atom stereocenters. The second kappa shape index (κ2) is 16.1. The summed E-state index contributed by atoms with van der Waals surface area (Å²) in [5.41, 5.74) is 5.63. The topological polar surface area (TPSA) is 136 Å². The first kappa shape index (κ1) is 28.5. The van der Waals surface area contributed by atoms with Crippen molar-refractivity contribution in [2.45, 2.75) is 52.1 Å². The first-order valence-electron chi connectivity index (χ1n) is 12.2. The molecule has 2 rings (SSSR count). The van der Waals surface area contributed by atoms with Crippen LogP contribution < -0.4 is 25.8 Å². The molecule has 0 saturated carbocycles. The molecule has 2 aromatic rings. The van der Waals surface area contributed by atoms with Gasteiger partial charge in [0.2, 0.25) is 5.91 Å². The zero-order chi connectivity index (χ0) is 25.5. The fourth-order valence-electron chi connectivity index (χ4n) is 3.61. The van der Waals surface area contributed by atoms with Crippen molar-refractivity contribution in [1.29, 1.82) is 0 Å². The van der Waals surface area contributed by atoms with E-state index >= 15 is 0 Å². The minimum absolute atomic E-state index is 0.0622. The van der Waals surface area contributed by atoms with E-state index in [-0.39, 0.29) is 12.5 Å². The van der Waals surface area contributed by atoms with Crippen molar-refractivity contribution in [3.05, 3.63) is 40.9 Å². The van der Waals surface area contributed by atoms with E-state index in [0.717, 1.165) is 19.3 Å². The minimum Gasteiger partial charge on any atom is -0.492 e. The van der Waals surface area contributed by atoms with Gasteiger partial charge in [0, 0.05) is 25.2 Å². The average Bonchev–Trinajstić information content (AvgIpc) is 3.32. The van der Waals surface area contributed by atoms with Gasteiger partial charge in [-0.05, 0) is 36.6 Å². The van der Waals surface area contributed by atoms with Gasteiger partial charge in [-0.25, -0.2) is 4.98 Å². The Labute approximate surface area is 211 Å². The van der Waals surface area contributed by atoms with E-state index in [1.54, 1.807) is 24.3 Å². The number of hydrogen-bond acceptors (Lipinski definition) is 8. The number of primary amides is 1. The number of aromatic nitrogens is 1. The molecule has 0 aliphatic heterocycles.